The van der Waals surface area contributed by atoms with Crippen molar-refractivity contribution in [1.82, 2.24) is 20.2 Å². The van der Waals surface area contributed by atoms with Gasteiger partial charge in [-0.25, -0.2) is 14.4 Å². The smallest absolute Gasteiger partial charge is 0.254 e. The number of halogens is 1. The Morgan fingerprint density at radius 3 is 2.63 bits per heavy atom. The molecule has 3 aromatic rings. The van der Waals surface area contributed by atoms with Crippen molar-refractivity contribution in [3.8, 4) is 0 Å². The van der Waals surface area contributed by atoms with Gasteiger partial charge in [0.2, 0.25) is 0 Å². The molecule has 0 spiro atoms. The SMILES string of the molecule is Cc1nc(C2CCCN2Cc2ccc(F)cc2)ncc1C(=O)NCc1ccccc1. The van der Waals surface area contributed by atoms with E-state index in [1.54, 1.807) is 6.20 Å². The molecule has 30 heavy (non-hydrogen) atoms. The Labute approximate surface area is 176 Å². The van der Waals surface area contributed by atoms with E-state index in [0.717, 1.165) is 42.9 Å². The van der Waals surface area contributed by atoms with E-state index in [1.165, 1.54) is 12.1 Å². The topological polar surface area (TPSA) is 58.1 Å². The Kier molecular flexibility index (Phi) is 6.14. The molecule has 1 fully saturated rings. The predicted molar refractivity (Wildman–Crippen MR) is 113 cm³/mol. The summed E-state index contributed by atoms with van der Waals surface area (Å²) >= 11 is 0. The van der Waals surface area contributed by atoms with Gasteiger partial charge in [0.1, 0.15) is 11.6 Å². The van der Waals surface area contributed by atoms with Gasteiger partial charge >= 0.3 is 0 Å². The van der Waals surface area contributed by atoms with Crippen molar-refractivity contribution < 1.29 is 9.18 Å². The Morgan fingerprint density at radius 2 is 1.90 bits per heavy atom. The maximum atomic E-state index is 13.2. The van der Waals surface area contributed by atoms with Crippen LogP contribution in [0.2, 0.25) is 0 Å². The molecule has 4 rings (SSSR count). The van der Waals surface area contributed by atoms with Crippen LogP contribution in [0.5, 0.6) is 0 Å². The number of nitrogens with zero attached hydrogens (tertiary/aromatic N) is 3. The number of carbonyl (C=O) groups is 1. The number of nitrogens with one attached hydrogen (secondary N) is 1. The second-order valence-corrected chi connectivity index (χ2v) is 7.65. The maximum Gasteiger partial charge on any atom is 0.254 e. The number of benzene rings is 2. The first-order valence-corrected chi connectivity index (χ1v) is 10.2. The molecule has 1 atom stereocenters. The molecule has 0 saturated carbocycles. The van der Waals surface area contributed by atoms with Crippen LogP contribution >= 0.6 is 0 Å². The fourth-order valence-electron chi connectivity index (χ4n) is 3.87. The van der Waals surface area contributed by atoms with E-state index in [9.17, 15) is 9.18 Å². The number of hydrogen-bond donors (Lipinski definition) is 1. The molecule has 2 heterocycles. The molecule has 1 aromatic heterocycles. The lowest BCUT2D eigenvalue weighted by Crippen LogP contribution is -2.27. The molecule has 0 bridgehead atoms. The van der Waals surface area contributed by atoms with Crippen LogP contribution in [0.25, 0.3) is 0 Å². The van der Waals surface area contributed by atoms with Crippen LogP contribution in [-0.4, -0.2) is 27.3 Å². The average Bonchev–Trinajstić information content (AvgIpc) is 3.22. The third-order valence-electron chi connectivity index (χ3n) is 5.50. The number of amides is 1. The van der Waals surface area contributed by atoms with Crippen LogP contribution in [0.4, 0.5) is 4.39 Å². The van der Waals surface area contributed by atoms with Gasteiger partial charge in [0.05, 0.1) is 17.3 Å². The van der Waals surface area contributed by atoms with Crippen LogP contribution in [0.1, 0.15) is 51.9 Å². The van der Waals surface area contributed by atoms with E-state index >= 15 is 0 Å². The Balaban J connectivity index is 1.43. The Bertz CT molecular complexity index is 1010. The summed E-state index contributed by atoms with van der Waals surface area (Å²) < 4.78 is 13.2. The van der Waals surface area contributed by atoms with Crippen molar-refractivity contribution in [2.45, 2.75) is 38.9 Å². The molecule has 1 aliphatic heterocycles. The minimum Gasteiger partial charge on any atom is -0.348 e. The number of likely N-dealkylation sites (tertiary alicyclic amines) is 1. The largest absolute Gasteiger partial charge is 0.348 e. The van der Waals surface area contributed by atoms with E-state index in [4.69, 9.17) is 0 Å². The number of aromatic nitrogens is 2. The van der Waals surface area contributed by atoms with E-state index in [1.807, 2.05) is 49.4 Å². The highest BCUT2D eigenvalue weighted by Crippen LogP contribution is 2.31. The highest BCUT2D eigenvalue weighted by atomic mass is 19.1. The van der Waals surface area contributed by atoms with E-state index in [2.05, 4.69) is 20.2 Å². The van der Waals surface area contributed by atoms with Gasteiger partial charge < -0.3 is 5.32 Å². The van der Waals surface area contributed by atoms with Gasteiger partial charge in [-0.3, -0.25) is 9.69 Å². The Morgan fingerprint density at radius 1 is 1.13 bits per heavy atom. The molecule has 0 radical (unpaired) electrons. The molecule has 1 amide bonds. The van der Waals surface area contributed by atoms with Crippen LogP contribution in [0.15, 0.2) is 60.8 Å². The number of aryl methyl sites for hydroxylation is 1. The lowest BCUT2D eigenvalue weighted by atomic mass is 10.1. The molecule has 5 nitrogen and oxygen atoms in total. The summed E-state index contributed by atoms with van der Waals surface area (Å²) in [6, 6.07) is 16.5. The third-order valence-corrected chi connectivity index (χ3v) is 5.50. The fraction of sp³-hybridized carbons (Fsp3) is 0.292. The normalized spacial score (nSPS) is 16.5. The molecule has 154 valence electrons. The second kappa shape index (κ2) is 9.13. The zero-order valence-corrected chi connectivity index (χ0v) is 17.0. The second-order valence-electron chi connectivity index (χ2n) is 7.65. The summed E-state index contributed by atoms with van der Waals surface area (Å²) in [7, 11) is 0. The maximum absolute atomic E-state index is 13.2. The van der Waals surface area contributed by atoms with Gasteiger partial charge in [0, 0.05) is 19.3 Å². The van der Waals surface area contributed by atoms with E-state index in [-0.39, 0.29) is 17.8 Å². The summed E-state index contributed by atoms with van der Waals surface area (Å²) in [5.41, 5.74) is 3.29. The van der Waals surface area contributed by atoms with Gasteiger partial charge in [0.25, 0.3) is 5.91 Å². The standard InChI is InChI=1S/C24H25FN4O/c1-17-21(24(30)27-14-18-6-3-2-4-7-18)15-26-23(28-17)22-8-5-13-29(22)16-19-9-11-20(25)12-10-19/h2-4,6-7,9-12,15,22H,5,8,13-14,16H2,1H3,(H,27,30). The summed E-state index contributed by atoms with van der Waals surface area (Å²) in [6.07, 6.45) is 3.67. The van der Waals surface area contributed by atoms with Crippen molar-refractivity contribution >= 4 is 5.91 Å². The molecule has 2 aromatic carbocycles. The first-order chi connectivity index (χ1) is 14.6. The number of carbonyl (C=O) groups excluding carboxylic acids is 1. The number of hydrogen-bond acceptors (Lipinski definition) is 4. The fourth-order valence-corrected chi connectivity index (χ4v) is 3.87. The van der Waals surface area contributed by atoms with Crippen molar-refractivity contribution in [3.05, 3.63) is 94.8 Å². The van der Waals surface area contributed by atoms with Crippen LogP contribution in [0.3, 0.4) is 0 Å². The first kappa shape index (κ1) is 20.2. The highest BCUT2D eigenvalue weighted by Gasteiger charge is 2.29. The minimum atomic E-state index is -0.225. The van der Waals surface area contributed by atoms with Crippen molar-refractivity contribution in [3.63, 3.8) is 0 Å². The van der Waals surface area contributed by atoms with E-state index in [0.29, 0.717) is 17.8 Å². The van der Waals surface area contributed by atoms with E-state index < -0.39 is 0 Å². The monoisotopic (exact) mass is 404 g/mol. The molecule has 1 N–H and O–H groups in total. The summed E-state index contributed by atoms with van der Waals surface area (Å²) in [6.45, 7) is 3.99. The molecule has 1 unspecified atom stereocenters. The van der Waals surface area contributed by atoms with Crippen molar-refractivity contribution in [2.75, 3.05) is 6.54 Å². The summed E-state index contributed by atoms with van der Waals surface area (Å²) in [5.74, 6) is 0.348. The molecule has 1 aliphatic rings. The third kappa shape index (κ3) is 4.71. The van der Waals surface area contributed by atoms with Gasteiger partial charge in [0.15, 0.2) is 0 Å². The number of rotatable bonds is 6. The molecular weight excluding hydrogens is 379 g/mol. The molecule has 6 heteroatoms. The highest BCUT2D eigenvalue weighted by molar-refractivity contribution is 5.94. The average molecular weight is 404 g/mol. The predicted octanol–water partition coefficient (Wildman–Crippen LogP) is 4.19. The summed E-state index contributed by atoms with van der Waals surface area (Å²) in [4.78, 5) is 24.1. The van der Waals surface area contributed by atoms with Crippen LogP contribution < -0.4 is 5.32 Å². The quantitative estimate of drug-likeness (QED) is 0.669. The van der Waals surface area contributed by atoms with Crippen molar-refractivity contribution in [2.24, 2.45) is 0 Å². The Hall–Kier alpha value is -3.12. The van der Waals surface area contributed by atoms with Crippen LogP contribution in [-0.2, 0) is 13.1 Å². The van der Waals surface area contributed by atoms with Gasteiger partial charge in [-0.15, -0.1) is 0 Å². The minimum absolute atomic E-state index is 0.107. The lowest BCUT2D eigenvalue weighted by Gasteiger charge is -2.23. The summed E-state index contributed by atoms with van der Waals surface area (Å²) in [5, 5.41) is 2.93. The molecule has 1 saturated heterocycles. The van der Waals surface area contributed by atoms with Gasteiger partial charge in [-0.2, -0.15) is 0 Å². The van der Waals surface area contributed by atoms with Crippen molar-refractivity contribution in [1.29, 1.82) is 0 Å². The van der Waals surface area contributed by atoms with Gasteiger partial charge in [-0.05, 0) is 49.6 Å². The molecule has 0 aliphatic carbocycles. The van der Waals surface area contributed by atoms with Crippen LogP contribution in [0, 0.1) is 12.7 Å². The zero-order valence-electron chi connectivity index (χ0n) is 17.0. The molecular formula is C24H25FN4O. The lowest BCUT2D eigenvalue weighted by molar-refractivity contribution is 0.0949. The first-order valence-electron chi connectivity index (χ1n) is 10.2. The van der Waals surface area contributed by atoms with Gasteiger partial charge in [-0.1, -0.05) is 42.5 Å². The zero-order chi connectivity index (χ0) is 20.9.